The molecule has 2 nitrogen and oxygen atoms in total. The van der Waals surface area contributed by atoms with Crippen LogP contribution in [0.1, 0.15) is 54.4 Å². The molecule has 0 aliphatic rings. The van der Waals surface area contributed by atoms with Gasteiger partial charge in [0.15, 0.2) is 5.60 Å². The summed E-state index contributed by atoms with van der Waals surface area (Å²) in [6, 6.07) is 9.46. The summed E-state index contributed by atoms with van der Waals surface area (Å²) in [4.78, 5) is 12.5. The Morgan fingerprint density at radius 2 is 1.43 bits per heavy atom. The summed E-state index contributed by atoms with van der Waals surface area (Å²) in [5.74, 6) is 0.676. The quantitative estimate of drug-likeness (QED) is 0.627. The van der Waals surface area contributed by atoms with Crippen molar-refractivity contribution in [3.8, 4) is 5.75 Å². The van der Waals surface area contributed by atoms with Crippen molar-refractivity contribution in [3.63, 3.8) is 0 Å². The fraction of sp³-hybridized carbons (Fsp3) is 0.611. The van der Waals surface area contributed by atoms with Gasteiger partial charge in [0.25, 0.3) is 5.24 Å². The van der Waals surface area contributed by atoms with Gasteiger partial charge in [-0.25, -0.2) is 0 Å². The van der Waals surface area contributed by atoms with E-state index in [9.17, 15) is 4.79 Å². The second-order valence-electron chi connectivity index (χ2n) is 6.84. The Hall–Kier alpha value is -1.02. The number of rotatable bonds is 7. The zero-order valence-corrected chi connectivity index (χ0v) is 14.8. The van der Waals surface area contributed by atoms with Crippen LogP contribution in [-0.2, 0) is 4.79 Å². The highest BCUT2D eigenvalue weighted by Gasteiger charge is 2.60. The number of hydrogen-bond donors (Lipinski definition) is 0. The first-order valence-corrected chi connectivity index (χ1v) is 7.96. The van der Waals surface area contributed by atoms with Crippen LogP contribution in [0, 0.1) is 10.8 Å². The lowest BCUT2D eigenvalue weighted by Crippen LogP contribution is -2.63. The van der Waals surface area contributed by atoms with E-state index in [4.69, 9.17) is 16.3 Å². The van der Waals surface area contributed by atoms with E-state index in [2.05, 4.69) is 13.8 Å². The van der Waals surface area contributed by atoms with Gasteiger partial charge in [-0.05, 0) is 36.6 Å². The van der Waals surface area contributed by atoms with Gasteiger partial charge in [-0.3, -0.25) is 4.79 Å². The van der Waals surface area contributed by atoms with Crippen molar-refractivity contribution in [3.05, 3.63) is 30.3 Å². The van der Waals surface area contributed by atoms with E-state index < -0.39 is 10.8 Å². The first-order valence-electron chi connectivity index (χ1n) is 7.58. The van der Waals surface area contributed by atoms with E-state index in [0.29, 0.717) is 5.75 Å². The molecule has 0 saturated carbocycles. The van der Waals surface area contributed by atoms with Crippen molar-refractivity contribution in [1.29, 1.82) is 0 Å². The summed E-state index contributed by atoms with van der Waals surface area (Å²) < 4.78 is 6.29. The molecule has 0 atom stereocenters. The Labute approximate surface area is 133 Å². The van der Waals surface area contributed by atoms with Gasteiger partial charge >= 0.3 is 0 Å². The predicted molar refractivity (Wildman–Crippen MR) is 88.8 cm³/mol. The standard InChI is InChI=1S/C18H27ClO2/c1-7-16(3,4)18(15(19)20,17(5,6)8-2)21-14-12-10-9-11-13-14/h9-13H,7-8H2,1-6H3. The van der Waals surface area contributed by atoms with E-state index in [-0.39, 0.29) is 10.8 Å². The van der Waals surface area contributed by atoms with Gasteiger partial charge in [-0.2, -0.15) is 0 Å². The molecule has 0 spiro atoms. The van der Waals surface area contributed by atoms with Crippen LogP contribution in [0.25, 0.3) is 0 Å². The largest absolute Gasteiger partial charge is 0.477 e. The maximum Gasteiger partial charge on any atom is 0.266 e. The van der Waals surface area contributed by atoms with Crippen molar-refractivity contribution in [2.24, 2.45) is 10.8 Å². The maximum absolute atomic E-state index is 12.5. The average molecular weight is 311 g/mol. The molecule has 1 aromatic rings. The second kappa shape index (κ2) is 6.39. The van der Waals surface area contributed by atoms with Crippen molar-refractivity contribution >= 4 is 16.8 Å². The summed E-state index contributed by atoms with van der Waals surface area (Å²) in [5, 5.41) is -0.426. The molecule has 0 radical (unpaired) electrons. The topological polar surface area (TPSA) is 26.3 Å². The van der Waals surface area contributed by atoms with Crippen LogP contribution in [-0.4, -0.2) is 10.8 Å². The Morgan fingerprint density at radius 1 is 1.00 bits per heavy atom. The van der Waals surface area contributed by atoms with Gasteiger partial charge in [0.2, 0.25) is 0 Å². The molecule has 0 unspecified atom stereocenters. The number of para-hydroxylation sites is 1. The highest BCUT2D eigenvalue weighted by molar-refractivity contribution is 6.65. The lowest BCUT2D eigenvalue weighted by atomic mass is 9.59. The SMILES string of the molecule is CCC(C)(C)C(Oc1ccccc1)(C(=O)Cl)C(C)(C)CC. The molecule has 0 amide bonds. The van der Waals surface area contributed by atoms with Crippen LogP contribution in [0.3, 0.4) is 0 Å². The molecule has 118 valence electrons. The predicted octanol–water partition coefficient (Wildman–Crippen LogP) is 5.44. The number of carbonyl (C=O) groups excluding carboxylic acids is 1. The van der Waals surface area contributed by atoms with E-state index >= 15 is 0 Å². The molecule has 0 saturated heterocycles. The Morgan fingerprint density at radius 3 is 1.76 bits per heavy atom. The molecule has 0 N–H and O–H groups in total. The van der Waals surface area contributed by atoms with Gasteiger partial charge in [-0.15, -0.1) is 0 Å². The molecular weight excluding hydrogens is 284 g/mol. The monoisotopic (exact) mass is 310 g/mol. The minimum Gasteiger partial charge on any atom is -0.477 e. The molecule has 0 aliphatic carbocycles. The van der Waals surface area contributed by atoms with Gasteiger partial charge < -0.3 is 4.74 Å². The van der Waals surface area contributed by atoms with Crippen molar-refractivity contribution in [2.45, 2.75) is 60.0 Å². The third-order valence-electron chi connectivity index (χ3n) is 4.96. The lowest BCUT2D eigenvalue weighted by Gasteiger charge is -2.52. The minimum atomic E-state index is -1.08. The highest BCUT2D eigenvalue weighted by Crippen LogP contribution is 2.51. The molecular formula is C18H27ClO2. The summed E-state index contributed by atoms with van der Waals surface area (Å²) in [6.07, 6.45) is 1.59. The van der Waals surface area contributed by atoms with Crippen LogP contribution >= 0.6 is 11.6 Å². The normalized spacial score (nSPS) is 13.1. The van der Waals surface area contributed by atoms with Crippen molar-refractivity contribution in [2.75, 3.05) is 0 Å². The summed E-state index contributed by atoms with van der Waals surface area (Å²) in [7, 11) is 0. The highest BCUT2D eigenvalue weighted by atomic mass is 35.5. The van der Waals surface area contributed by atoms with Crippen LogP contribution in [0.15, 0.2) is 30.3 Å². The van der Waals surface area contributed by atoms with Gasteiger partial charge in [0.05, 0.1) is 0 Å². The number of carbonyl (C=O) groups is 1. The summed E-state index contributed by atoms with van der Waals surface area (Å²) in [5.41, 5.74) is -1.85. The molecule has 0 fully saturated rings. The zero-order valence-electron chi connectivity index (χ0n) is 14.0. The van der Waals surface area contributed by atoms with E-state index in [1.807, 2.05) is 58.0 Å². The number of benzene rings is 1. The smallest absolute Gasteiger partial charge is 0.266 e. The van der Waals surface area contributed by atoms with E-state index in [0.717, 1.165) is 12.8 Å². The summed E-state index contributed by atoms with van der Waals surface area (Å²) in [6.45, 7) is 12.3. The maximum atomic E-state index is 12.5. The van der Waals surface area contributed by atoms with Gasteiger partial charge in [0.1, 0.15) is 5.75 Å². The number of ether oxygens (including phenoxy) is 1. The zero-order chi connectivity index (χ0) is 16.3. The lowest BCUT2D eigenvalue weighted by molar-refractivity contribution is -0.160. The molecule has 1 rings (SSSR count). The van der Waals surface area contributed by atoms with E-state index in [1.165, 1.54) is 0 Å². The van der Waals surface area contributed by atoms with Gasteiger partial charge in [-0.1, -0.05) is 59.7 Å². The molecule has 0 aromatic heterocycles. The average Bonchev–Trinajstić information content (AvgIpc) is 2.44. The molecule has 21 heavy (non-hydrogen) atoms. The van der Waals surface area contributed by atoms with Crippen LogP contribution < -0.4 is 4.74 Å². The van der Waals surface area contributed by atoms with Crippen LogP contribution in [0.4, 0.5) is 0 Å². The van der Waals surface area contributed by atoms with Crippen LogP contribution in [0.5, 0.6) is 5.75 Å². The first kappa shape index (κ1) is 18.0. The van der Waals surface area contributed by atoms with Crippen molar-refractivity contribution in [1.82, 2.24) is 0 Å². The van der Waals surface area contributed by atoms with Crippen molar-refractivity contribution < 1.29 is 9.53 Å². The fourth-order valence-corrected chi connectivity index (χ4v) is 3.48. The Bertz CT molecular complexity index is 461. The number of halogens is 1. The number of hydrogen-bond acceptors (Lipinski definition) is 2. The summed E-state index contributed by atoms with van der Waals surface area (Å²) >= 11 is 6.11. The van der Waals surface area contributed by atoms with Crippen LogP contribution in [0.2, 0.25) is 0 Å². The Kier molecular flexibility index (Phi) is 5.49. The molecule has 0 heterocycles. The fourth-order valence-electron chi connectivity index (χ4n) is 2.93. The molecule has 1 aromatic carbocycles. The van der Waals surface area contributed by atoms with E-state index in [1.54, 1.807) is 0 Å². The third kappa shape index (κ3) is 3.11. The molecule has 3 heteroatoms. The minimum absolute atomic E-state index is 0.388. The molecule has 0 bridgehead atoms. The Balaban J connectivity index is 3.50. The van der Waals surface area contributed by atoms with Gasteiger partial charge in [0, 0.05) is 10.8 Å². The second-order valence-corrected chi connectivity index (χ2v) is 7.19. The third-order valence-corrected chi connectivity index (χ3v) is 5.23. The molecule has 0 aliphatic heterocycles. The first-order chi connectivity index (χ1) is 9.64.